The summed E-state index contributed by atoms with van der Waals surface area (Å²) in [5.41, 5.74) is 0.124. The van der Waals surface area contributed by atoms with E-state index in [2.05, 4.69) is 0 Å². The van der Waals surface area contributed by atoms with Crippen molar-refractivity contribution in [2.45, 2.75) is 25.6 Å². The first-order chi connectivity index (χ1) is 10.1. The summed E-state index contributed by atoms with van der Waals surface area (Å²) in [4.78, 5) is 0. The van der Waals surface area contributed by atoms with Gasteiger partial charge in [-0.3, -0.25) is 4.57 Å². The molecular weight excluding hydrogens is 291 g/mol. The maximum absolute atomic E-state index is 13.2. The van der Waals surface area contributed by atoms with Gasteiger partial charge < -0.3 is 18.9 Å². The Morgan fingerprint density at radius 1 is 1.29 bits per heavy atom. The number of allylic oxidation sites excluding steroid dienone is 1. The van der Waals surface area contributed by atoms with Gasteiger partial charge in [0.1, 0.15) is 24.1 Å². The van der Waals surface area contributed by atoms with E-state index in [9.17, 15) is 9.67 Å². The van der Waals surface area contributed by atoms with E-state index < -0.39 is 19.4 Å². The van der Waals surface area contributed by atoms with Gasteiger partial charge >= 0.3 is 7.60 Å². The van der Waals surface area contributed by atoms with E-state index in [0.29, 0.717) is 5.76 Å². The van der Waals surface area contributed by atoms with Gasteiger partial charge in [-0.1, -0.05) is 30.3 Å². The Morgan fingerprint density at radius 2 is 1.90 bits per heavy atom. The number of aliphatic hydroxyl groups is 1. The van der Waals surface area contributed by atoms with Crippen molar-refractivity contribution in [3.8, 4) is 0 Å². The lowest BCUT2D eigenvalue weighted by Crippen LogP contribution is -2.10. The summed E-state index contributed by atoms with van der Waals surface area (Å²) in [5, 5.41) is 9.65. The molecule has 1 aromatic carbocycles. The van der Waals surface area contributed by atoms with Gasteiger partial charge in [-0.15, -0.1) is 0 Å². The highest BCUT2D eigenvalue weighted by Gasteiger charge is 2.42. The monoisotopic (exact) mass is 312 g/mol. The number of hydrogen-bond donors (Lipinski definition) is 1. The van der Waals surface area contributed by atoms with Gasteiger partial charge in [-0.2, -0.15) is 0 Å². The smallest absolute Gasteiger partial charge is 0.345 e. The molecule has 1 aliphatic heterocycles. The molecule has 1 unspecified atom stereocenters. The highest BCUT2D eigenvalue weighted by Crippen LogP contribution is 2.64. The lowest BCUT2D eigenvalue weighted by Gasteiger charge is -2.27. The fourth-order valence-corrected chi connectivity index (χ4v) is 4.42. The zero-order valence-corrected chi connectivity index (χ0v) is 13.2. The van der Waals surface area contributed by atoms with Gasteiger partial charge in [-0.25, -0.2) is 0 Å². The van der Waals surface area contributed by atoms with Crippen LogP contribution in [-0.2, 0) is 18.3 Å². The minimum atomic E-state index is -3.43. The molecule has 0 saturated carbocycles. The molecule has 0 aliphatic carbocycles. The molecule has 0 spiro atoms. The fraction of sp³-hybridized carbons (Fsp3) is 0.467. The number of ether oxygens (including phenoxy) is 1. The summed E-state index contributed by atoms with van der Waals surface area (Å²) in [6.07, 6.45) is 0.880. The van der Waals surface area contributed by atoms with Crippen LogP contribution in [0.25, 0.3) is 0 Å². The quantitative estimate of drug-likeness (QED) is 0.783. The van der Waals surface area contributed by atoms with Crippen LogP contribution in [-0.4, -0.2) is 31.0 Å². The Morgan fingerprint density at radius 3 is 2.38 bits per heavy atom. The molecule has 0 saturated heterocycles. The van der Waals surface area contributed by atoms with E-state index in [1.807, 2.05) is 30.3 Å². The maximum Gasteiger partial charge on any atom is 0.345 e. The van der Waals surface area contributed by atoms with Crippen molar-refractivity contribution in [1.82, 2.24) is 0 Å². The third-order valence-electron chi connectivity index (χ3n) is 3.10. The van der Waals surface area contributed by atoms with Crippen molar-refractivity contribution in [2.75, 3.05) is 19.8 Å². The van der Waals surface area contributed by atoms with Crippen LogP contribution in [0.3, 0.4) is 0 Å². The highest BCUT2D eigenvalue weighted by molar-refractivity contribution is 7.54. The SMILES string of the molecule is CCOP(=O)(OCC)C(C1=C[C@@H](O)CO1)c1ccccc1. The molecular formula is C15H21O5P. The summed E-state index contributed by atoms with van der Waals surface area (Å²) in [7, 11) is -3.43. The molecule has 1 N–H and O–H groups in total. The van der Waals surface area contributed by atoms with E-state index in [1.54, 1.807) is 19.9 Å². The first kappa shape index (κ1) is 16.2. The van der Waals surface area contributed by atoms with Gasteiger partial charge in [0, 0.05) is 0 Å². The molecule has 1 aliphatic rings. The van der Waals surface area contributed by atoms with E-state index in [4.69, 9.17) is 13.8 Å². The fourth-order valence-electron chi connectivity index (χ4n) is 2.32. The van der Waals surface area contributed by atoms with Crippen molar-refractivity contribution in [1.29, 1.82) is 0 Å². The van der Waals surface area contributed by atoms with E-state index in [0.717, 1.165) is 5.56 Å². The van der Waals surface area contributed by atoms with Crippen LogP contribution in [0.15, 0.2) is 42.2 Å². The second kappa shape index (κ2) is 7.23. The molecule has 116 valence electrons. The van der Waals surface area contributed by atoms with E-state index in [-0.39, 0.29) is 19.8 Å². The molecule has 0 amide bonds. The van der Waals surface area contributed by atoms with Gasteiger partial charge in [0.2, 0.25) is 0 Å². The van der Waals surface area contributed by atoms with Crippen molar-refractivity contribution in [3.05, 3.63) is 47.7 Å². The maximum atomic E-state index is 13.2. The predicted octanol–water partition coefficient (Wildman–Crippen LogP) is 3.27. The van der Waals surface area contributed by atoms with Crippen LogP contribution in [0.2, 0.25) is 0 Å². The van der Waals surface area contributed by atoms with Crippen LogP contribution in [0, 0.1) is 0 Å². The summed E-state index contributed by atoms with van der Waals surface area (Å²) < 4.78 is 29.6. The third kappa shape index (κ3) is 3.74. The summed E-state index contributed by atoms with van der Waals surface area (Å²) in [5.74, 6) is 0.443. The molecule has 1 aromatic rings. The van der Waals surface area contributed by atoms with Crippen molar-refractivity contribution in [2.24, 2.45) is 0 Å². The number of benzene rings is 1. The molecule has 2 atom stereocenters. The van der Waals surface area contributed by atoms with Gasteiger partial charge in [0.05, 0.1) is 13.2 Å². The minimum absolute atomic E-state index is 0.164. The molecule has 21 heavy (non-hydrogen) atoms. The van der Waals surface area contributed by atoms with E-state index >= 15 is 0 Å². The molecule has 0 aromatic heterocycles. The average molecular weight is 312 g/mol. The van der Waals surface area contributed by atoms with Crippen LogP contribution in [0.5, 0.6) is 0 Å². The summed E-state index contributed by atoms with van der Waals surface area (Å²) in [6, 6.07) is 9.30. The van der Waals surface area contributed by atoms with E-state index in [1.165, 1.54) is 0 Å². The second-order valence-electron chi connectivity index (χ2n) is 4.64. The third-order valence-corrected chi connectivity index (χ3v) is 5.52. The predicted molar refractivity (Wildman–Crippen MR) is 80.1 cm³/mol. The Labute approximate surface area is 125 Å². The average Bonchev–Trinajstić information content (AvgIpc) is 2.87. The van der Waals surface area contributed by atoms with Crippen LogP contribution < -0.4 is 0 Å². The van der Waals surface area contributed by atoms with Gasteiger partial charge in [-0.05, 0) is 25.5 Å². The van der Waals surface area contributed by atoms with Gasteiger partial charge in [0.25, 0.3) is 0 Å². The second-order valence-corrected chi connectivity index (χ2v) is 6.75. The standard InChI is InChI=1S/C15H21O5P/c1-3-19-21(17,20-4-2)15(12-8-6-5-7-9-12)14-10-13(16)11-18-14/h5-10,13,15-16H,3-4,11H2,1-2H3/t13-,15?/m1/s1. The molecule has 0 radical (unpaired) electrons. The largest absolute Gasteiger partial charge is 0.494 e. The molecule has 2 rings (SSSR count). The summed E-state index contributed by atoms with van der Waals surface area (Å²) >= 11 is 0. The molecule has 5 nitrogen and oxygen atoms in total. The normalized spacial score (nSPS) is 20.0. The Hall–Kier alpha value is -1.13. The first-order valence-electron chi connectivity index (χ1n) is 7.07. The Kier molecular flexibility index (Phi) is 5.59. The van der Waals surface area contributed by atoms with Gasteiger partial charge in [0.15, 0.2) is 0 Å². The van der Waals surface area contributed by atoms with Crippen LogP contribution in [0.4, 0.5) is 0 Å². The lowest BCUT2D eigenvalue weighted by atomic mass is 10.1. The lowest BCUT2D eigenvalue weighted by molar-refractivity contribution is 0.129. The molecule has 0 fully saturated rings. The summed E-state index contributed by atoms with van der Waals surface area (Å²) in [6.45, 7) is 4.25. The molecule has 0 bridgehead atoms. The first-order valence-corrected chi connectivity index (χ1v) is 8.68. The topological polar surface area (TPSA) is 65.0 Å². The van der Waals surface area contributed by atoms with Crippen molar-refractivity contribution >= 4 is 7.60 Å². The number of hydrogen-bond acceptors (Lipinski definition) is 5. The van der Waals surface area contributed by atoms with Crippen molar-refractivity contribution < 1.29 is 23.5 Å². The number of rotatable bonds is 7. The minimum Gasteiger partial charge on any atom is -0.494 e. The van der Waals surface area contributed by atoms with Crippen LogP contribution >= 0.6 is 7.60 Å². The van der Waals surface area contributed by atoms with Crippen LogP contribution in [0.1, 0.15) is 25.1 Å². The molecule has 6 heteroatoms. The Balaban J connectivity index is 2.44. The van der Waals surface area contributed by atoms with Crippen molar-refractivity contribution in [3.63, 3.8) is 0 Å². The molecule has 1 heterocycles. The Bertz CT molecular complexity index is 518. The zero-order valence-electron chi connectivity index (χ0n) is 12.3. The zero-order chi connectivity index (χ0) is 15.3. The highest BCUT2D eigenvalue weighted by atomic mass is 31.2. The number of aliphatic hydroxyl groups excluding tert-OH is 1.